The molecular formula is C26H36N2O6S. The van der Waals surface area contributed by atoms with E-state index in [1.807, 2.05) is 12.1 Å². The molecule has 1 heterocycles. The molecule has 0 aliphatic carbocycles. The molecular weight excluding hydrogens is 468 g/mol. The van der Waals surface area contributed by atoms with Crippen molar-refractivity contribution in [2.24, 2.45) is 0 Å². The second kappa shape index (κ2) is 12.3. The number of carbonyl (C=O) groups excluding carboxylic acids is 1. The number of amides is 1. The fourth-order valence-corrected chi connectivity index (χ4v) is 5.67. The van der Waals surface area contributed by atoms with Crippen LogP contribution in [0.25, 0.3) is 0 Å². The molecule has 0 bridgehead atoms. The summed E-state index contributed by atoms with van der Waals surface area (Å²) < 4.78 is 44.2. The molecule has 3 rings (SSSR count). The number of hydrogen-bond acceptors (Lipinski definition) is 6. The highest BCUT2D eigenvalue weighted by Crippen LogP contribution is 2.33. The highest BCUT2D eigenvalue weighted by atomic mass is 32.2. The van der Waals surface area contributed by atoms with Gasteiger partial charge in [-0.05, 0) is 60.4 Å². The lowest BCUT2D eigenvalue weighted by molar-refractivity contribution is -0.132. The molecule has 2 aromatic rings. The van der Waals surface area contributed by atoms with Crippen LogP contribution < -0.4 is 14.2 Å². The van der Waals surface area contributed by atoms with Gasteiger partial charge in [-0.25, -0.2) is 8.42 Å². The van der Waals surface area contributed by atoms with Crippen LogP contribution in [0.3, 0.4) is 0 Å². The Labute approximate surface area is 208 Å². The Morgan fingerprint density at radius 1 is 0.943 bits per heavy atom. The van der Waals surface area contributed by atoms with Gasteiger partial charge in [0.2, 0.25) is 15.9 Å². The van der Waals surface area contributed by atoms with Crippen LogP contribution in [0.2, 0.25) is 0 Å². The zero-order valence-electron chi connectivity index (χ0n) is 21.1. The van der Waals surface area contributed by atoms with Crippen LogP contribution in [0.5, 0.6) is 17.2 Å². The quantitative estimate of drug-likeness (QED) is 0.408. The predicted octanol–water partition coefficient (Wildman–Crippen LogP) is 3.87. The van der Waals surface area contributed by atoms with Crippen molar-refractivity contribution < 1.29 is 27.4 Å². The van der Waals surface area contributed by atoms with Gasteiger partial charge in [0.15, 0.2) is 11.5 Å². The number of fused-ring (bicyclic) bond motifs is 1. The third-order valence-corrected chi connectivity index (χ3v) is 8.20. The number of unbranched alkanes of at least 4 members (excludes halogenated alkanes) is 3. The first kappa shape index (κ1) is 26.8. The summed E-state index contributed by atoms with van der Waals surface area (Å²) in [5, 5.41) is 0. The lowest BCUT2D eigenvalue weighted by Gasteiger charge is -2.31. The maximum atomic E-state index is 13.5. The Kier molecular flexibility index (Phi) is 9.40. The number of benzene rings is 2. The van der Waals surface area contributed by atoms with Crippen LogP contribution in [-0.2, 0) is 27.8 Å². The summed E-state index contributed by atoms with van der Waals surface area (Å²) in [7, 11) is 0.877. The molecule has 35 heavy (non-hydrogen) atoms. The molecule has 0 radical (unpaired) electrons. The van der Waals surface area contributed by atoms with E-state index in [2.05, 4.69) is 6.92 Å². The smallest absolute Gasteiger partial charge is 0.243 e. The van der Waals surface area contributed by atoms with Crippen molar-refractivity contribution >= 4 is 15.9 Å². The van der Waals surface area contributed by atoms with E-state index in [-0.39, 0.29) is 17.3 Å². The van der Waals surface area contributed by atoms with Crippen LogP contribution in [0.4, 0.5) is 0 Å². The zero-order valence-corrected chi connectivity index (χ0v) is 21.9. The summed E-state index contributed by atoms with van der Waals surface area (Å²) in [6.07, 6.45) is 4.36. The standard InChI is InChI=1S/C26H36N2O6S/c1-5-6-7-8-14-28(35(30,31)23-11-9-22(32-2)10-12-23)19-26(29)27-15-13-20-16-24(33-3)25(34-4)17-21(20)18-27/h9-12,16-17H,5-8,13-15,18-19H2,1-4H3. The first-order valence-electron chi connectivity index (χ1n) is 12.0. The van der Waals surface area contributed by atoms with E-state index >= 15 is 0 Å². The van der Waals surface area contributed by atoms with Gasteiger partial charge in [0.25, 0.3) is 0 Å². The Balaban J connectivity index is 1.78. The van der Waals surface area contributed by atoms with Crippen molar-refractivity contribution in [3.63, 3.8) is 0 Å². The number of ether oxygens (including phenoxy) is 3. The van der Waals surface area contributed by atoms with Crippen molar-refractivity contribution in [2.45, 2.75) is 50.5 Å². The second-order valence-corrected chi connectivity index (χ2v) is 10.6. The van der Waals surface area contributed by atoms with E-state index in [9.17, 15) is 13.2 Å². The van der Waals surface area contributed by atoms with Gasteiger partial charge in [0.1, 0.15) is 5.75 Å². The van der Waals surface area contributed by atoms with E-state index in [0.29, 0.717) is 49.7 Å². The molecule has 0 atom stereocenters. The van der Waals surface area contributed by atoms with E-state index in [4.69, 9.17) is 14.2 Å². The SMILES string of the molecule is CCCCCCN(CC(=O)N1CCc2cc(OC)c(OC)cc2C1)S(=O)(=O)c1ccc(OC)cc1. The zero-order chi connectivity index (χ0) is 25.4. The minimum atomic E-state index is -3.83. The Morgan fingerprint density at radius 3 is 2.20 bits per heavy atom. The van der Waals surface area contributed by atoms with Gasteiger partial charge in [-0.1, -0.05) is 26.2 Å². The Hall–Kier alpha value is -2.78. The average Bonchev–Trinajstić information content (AvgIpc) is 2.88. The lowest BCUT2D eigenvalue weighted by atomic mass is 9.98. The van der Waals surface area contributed by atoms with Gasteiger partial charge in [-0.3, -0.25) is 4.79 Å². The second-order valence-electron chi connectivity index (χ2n) is 8.62. The molecule has 192 valence electrons. The maximum absolute atomic E-state index is 13.5. The van der Waals surface area contributed by atoms with Crippen molar-refractivity contribution in [3.8, 4) is 17.2 Å². The van der Waals surface area contributed by atoms with E-state index in [1.54, 1.807) is 31.3 Å². The summed E-state index contributed by atoms with van der Waals surface area (Å²) >= 11 is 0. The fraction of sp³-hybridized carbons (Fsp3) is 0.500. The van der Waals surface area contributed by atoms with E-state index in [0.717, 1.165) is 30.4 Å². The molecule has 0 saturated carbocycles. The van der Waals surface area contributed by atoms with E-state index < -0.39 is 10.0 Å². The van der Waals surface area contributed by atoms with Gasteiger partial charge in [0, 0.05) is 19.6 Å². The van der Waals surface area contributed by atoms with E-state index in [1.165, 1.54) is 23.5 Å². The number of rotatable bonds is 12. The van der Waals surface area contributed by atoms with Gasteiger partial charge in [-0.2, -0.15) is 4.31 Å². The monoisotopic (exact) mass is 504 g/mol. The number of hydrogen-bond donors (Lipinski definition) is 0. The molecule has 0 fully saturated rings. The molecule has 0 unspecified atom stereocenters. The van der Waals surface area contributed by atoms with Crippen LogP contribution in [0.15, 0.2) is 41.3 Å². The number of sulfonamides is 1. The first-order chi connectivity index (χ1) is 16.8. The highest BCUT2D eigenvalue weighted by Gasteiger charge is 2.30. The average molecular weight is 505 g/mol. The van der Waals surface area contributed by atoms with Crippen molar-refractivity contribution in [1.29, 1.82) is 0 Å². The van der Waals surface area contributed by atoms with Gasteiger partial charge >= 0.3 is 0 Å². The maximum Gasteiger partial charge on any atom is 0.243 e. The molecule has 0 N–H and O–H groups in total. The predicted molar refractivity (Wildman–Crippen MR) is 135 cm³/mol. The van der Waals surface area contributed by atoms with Crippen molar-refractivity contribution in [3.05, 3.63) is 47.5 Å². The van der Waals surface area contributed by atoms with Crippen LogP contribution >= 0.6 is 0 Å². The van der Waals surface area contributed by atoms with Crippen LogP contribution in [0.1, 0.15) is 43.7 Å². The Bertz CT molecular complexity index is 1100. The molecule has 1 aliphatic heterocycles. The summed E-state index contributed by atoms with van der Waals surface area (Å²) in [5.41, 5.74) is 2.09. The third-order valence-electron chi connectivity index (χ3n) is 6.34. The van der Waals surface area contributed by atoms with Gasteiger partial charge in [-0.15, -0.1) is 0 Å². The topological polar surface area (TPSA) is 85.4 Å². The minimum Gasteiger partial charge on any atom is -0.497 e. The molecule has 1 aliphatic rings. The lowest BCUT2D eigenvalue weighted by Crippen LogP contribution is -2.45. The summed E-state index contributed by atoms with van der Waals surface area (Å²) in [6, 6.07) is 10.1. The summed E-state index contributed by atoms with van der Waals surface area (Å²) in [4.78, 5) is 15.2. The Morgan fingerprint density at radius 2 is 1.60 bits per heavy atom. The van der Waals surface area contributed by atoms with Crippen molar-refractivity contribution in [1.82, 2.24) is 9.21 Å². The molecule has 0 saturated heterocycles. The van der Waals surface area contributed by atoms with Gasteiger partial charge in [0.05, 0.1) is 32.8 Å². The molecule has 2 aromatic carbocycles. The number of nitrogens with zero attached hydrogens (tertiary/aromatic N) is 2. The summed E-state index contributed by atoms with van der Waals surface area (Å²) in [5.74, 6) is 1.64. The molecule has 9 heteroatoms. The highest BCUT2D eigenvalue weighted by molar-refractivity contribution is 7.89. The first-order valence-corrected chi connectivity index (χ1v) is 13.4. The van der Waals surface area contributed by atoms with Crippen LogP contribution in [0, 0.1) is 0 Å². The molecule has 0 spiro atoms. The number of methoxy groups -OCH3 is 3. The minimum absolute atomic E-state index is 0.155. The summed E-state index contributed by atoms with van der Waals surface area (Å²) in [6.45, 7) is 3.14. The molecule has 1 amide bonds. The molecule has 0 aromatic heterocycles. The fourth-order valence-electron chi connectivity index (χ4n) is 4.24. The number of carbonyl (C=O) groups is 1. The largest absolute Gasteiger partial charge is 0.497 e. The van der Waals surface area contributed by atoms with Crippen molar-refractivity contribution in [2.75, 3.05) is 41.0 Å². The molecule has 8 nitrogen and oxygen atoms in total. The third kappa shape index (κ3) is 6.46. The van der Waals surface area contributed by atoms with Gasteiger partial charge < -0.3 is 19.1 Å². The normalized spacial score (nSPS) is 13.5. The van der Waals surface area contributed by atoms with Crippen LogP contribution in [-0.4, -0.2) is 64.5 Å².